The molecule has 1 heterocycles. The molecule has 0 aliphatic carbocycles. The van der Waals surface area contributed by atoms with E-state index < -0.39 is 23.9 Å². The number of rotatable bonds is 7. The molecule has 3 aromatic rings. The third-order valence-electron chi connectivity index (χ3n) is 4.49. The van der Waals surface area contributed by atoms with Gasteiger partial charge in [-0.1, -0.05) is 42.7 Å². The van der Waals surface area contributed by atoms with Crippen molar-refractivity contribution in [3.05, 3.63) is 65.4 Å². The number of nitrogens with one attached hydrogen (secondary N) is 3. The molecule has 1 aromatic heterocycles. The van der Waals surface area contributed by atoms with E-state index in [0.29, 0.717) is 27.7 Å². The minimum atomic E-state index is -1.13. The van der Waals surface area contributed by atoms with Crippen molar-refractivity contribution in [1.82, 2.24) is 10.5 Å². The molecule has 1 atom stereocenters. The Labute approximate surface area is 188 Å². The van der Waals surface area contributed by atoms with E-state index >= 15 is 0 Å². The molecule has 0 saturated heterocycles. The largest absolute Gasteiger partial charge is 0.480 e. The van der Waals surface area contributed by atoms with Crippen LogP contribution >= 0.6 is 11.6 Å². The molecule has 1 unspecified atom stereocenters. The highest BCUT2D eigenvalue weighted by Crippen LogP contribution is 2.22. The van der Waals surface area contributed by atoms with Gasteiger partial charge in [-0.15, -0.1) is 0 Å². The molecule has 166 valence electrons. The Kier molecular flexibility index (Phi) is 7.11. The highest BCUT2D eigenvalue weighted by atomic mass is 35.5. The summed E-state index contributed by atoms with van der Waals surface area (Å²) in [7, 11) is 0. The lowest BCUT2D eigenvalue weighted by Crippen LogP contribution is -2.44. The van der Waals surface area contributed by atoms with Gasteiger partial charge in [-0.05, 0) is 42.3 Å². The number of aromatic nitrogens is 1. The summed E-state index contributed by atoms with van der Waals surface area (Å²) >= 11 is 5.82. The van der Waals surface area contributed by atoms with Crippen LogP contribution in [-0.4, -0.2) is 34.2 Å². The first-order valence-corrected chi connectivity index (χ1v) is 10.0. The SMILES string of the molecule is CC(C)C(NC(=O)c1cc(-c2ccc(NC(=O)Nc3ccc(Cl)cc3)cc2)no1)C(=O)O. The van der Waals surface area contributed by atoms with E-state index in [2.05, 4.69) is 21.1 Å². The van der Waals surface area contributed by atoms with E-state index in [1.165, 1.54) is 6.07 Å². The van der Waals surface area contributed by atoms with E-state index in [9.17, 15) is 19.5 Å². The highest BCUT2D eigenvalue weighted by Gasteiger charge is 2.25. The van der Waals surface area contributed by atoms with E-state index in [1.807, 2.05) is 0 Å². The zero-order valence-electron chi connectivity index (χ0n) is 17.3. The number of nitrogens with zero attached hydrogens (tertiary/aromatic N) is 1. The quantitative estimate of drug-likeness (QED) is 0.414. The number of halogens is 1. The molecular formula is C22H21ClN4O5. The van der Waals surface area contributed by atoms with Crippen molar-refractivity contribution >= 4 is 40.9 Å². The maximum atomic E-state index is 12.3. The van der Waals surface area contributed by atoms with Crippen LogP contribution in [0.1, 0.15) is 24.4 Å². The second-order valence-corrected chi connectivity index (χ2v) is 7.71. The number of anilines is 2. The van der Waals surface area contributed by atoms with Crippen molar-refractivity contribution in [2.24, 2.45) is 5.92 Å². The van der Waals surface area contributed by atoms with Crippen LogP contribution in [0, 0.1) is 5.92 Å². The Hall–Kier alpha value is -3.85. The zero-order chi connectivity index (χ0) is 23.3. The van der Waals surface area contributed by atoms with Gasteiger partial charge in [0.05, 0.1) is 0 Å². The fraction of sp³-hybridized carbons (Fsp3) is 0.182. The number of benzene rings is 2. The lowest BCUT2D eigenvalue weighted by Gasteiger charge is -2.16. The van der Waals surface area contributed by atoms with Gasteiger partial charge < -0.3 is 25.6 Å². The Balaban J connectivity index is 1.62. The number of carboxylic acids is 1. The Morgan fingerprint density at radius 3 is 2.06 bits per heavy atom. The second kappa shape index (κ2) is 9.97. The number of hydrogen-bond donors (Lipinski definition) is 4. The summed E-state index contributed by atoms with van der Waals surface area (Å²) in [6.07, 6.45) is 0. The fourth-order valence-electron chi connectivity index (χ4n) is 2.80. The molecule has 10 heteroatoms. The number of urea groups is 1. The number of hydrogen-bond acceptors (Lipinski definition) is 5. The Bertz CT molecular complexity index is 1110. The number of carbonyl (C=O) groups excluding carboxylic acids is 2. The predicted molar refractivity (Wildman–Crippen MR) is 120 cm³/mol. The molecule has 2 aromatic carbocycles. The van der Waals surface area contributed by atoms with E-state index in [1.54, 1.807) is 62.4 Å². The van der Waals surface area contributed by atoms with Crippen LogP contribution in [0.4, 0.5) is 16.2 Å². The highest BCUT2D eigenvalue weighted by molar-refractivity contribution is 6.30. The summed E-state index contributed by atoms with van der Waals surface area (Å²) < 4.78 is 5.07. The lowest BCUT2D eigenvalue weighted by atomic mass is 10.0. The summed E-state index contributed by atoms with van der Waals surface area (Å²) in [6, 6.07) is 13.4. The number of carboxylic acid groups (broad SMARTS) is 1. The zero-order valence-corrected chi connectivity index (χ0v) is 18.0. The molecule has 0 saturated carbocycles. The topological polar surface area (TPSA) is 134 Å². The van der Waals surface area contributed by atoms with Crippen molar-refractivity contribution in [1.29, 1.82) is 0 Å². The molecule has 0 radical (unpaired) electrons. The van der Waals surface area contributed by atoms with Crippen LogP contribution in [0.3, 0.4) is 0 Å². The molecule has 0 bridgehead atoms. The van der Waals surface area contributed by atoms with Gasteiger partial charge in [0.1, 0.15) is 11.7 Å². The molecule has 0 spiro atoms. The van der Waals surface area contributed by atoms with E-state index in [4.69, 9.17) is 16.1 Å². The molecule has 32 heavy (non-hydrogen) atoms. The van der Waals surface area contributed by atoms with Crippen molar-refractivity contribution in [2.45, 2.75) is 19.9 Å². The Morgan fingerprint density at radius 2 is 1.53 bits per heavy atom. The van der Waals surface area contributed by atoms with E-state index in [-0.39, 0.29) is 11.7 Å². The van der Waals surface area contributed by atoms with Gasteiger partial charge in [0.15, 0.2) is 0 Å². The minimum absolute atomic E-state index is 0.101. The van der Waals surface area contributed by atoms with Gasteiger partial charge in [0, 0.05) is 28.0 Å². The molecule has 9 nitrogen and oxygen atoms in total. The summed E-state index contributed by atoms with van der Waals surface area (Å²) in [5.74, 6) is -2.19. The maximum absolute atomic E-state index is 12.3. The van der Waals surface area contributed by atoms with Crippen molar-refractivity contribution in [3.8, 4) is 11.3 Å². The smallest absolute Gasteiger partial charge is 0.326 e. The van der Waals surface area contributed by atoms with Gasteiger partial charge in [-0.3, -0.25) is 4.79 Å². The van der Waals surface area contributed by atoms with Gasteiger partial charge in [-0.25, -0.2) is 9.59 Å². The van der Waals surface area contributed by atoms with E-state index in [0.717, 1.165) is 0 Å². The molecule has 0 aliphatic heterocycles. The van der Waals surface area contributed by atoms with Gasteiger partial charge >= 0.3 is 12.0 Å². The predicted octanol–water partition coefficient (Wildman–Crippen LogP) is 4.48. The molecule has 3 rings (SSSR count). The first-order chi connectivity index (χ1) is 15.2. The summed E-state index contributed by atoms with van der Waals surface area (Å²) in [5, 5.41) is 21.4. The summed E-state index contributed by atoms with van der Waals surface area (Å²) in [5.41, 5.74) is 2.18. The van der Waals surface area contributed by atoms with Crippen LogP contribution in [0.2, 0.25) is 5.02 Å². The average molecular weight is 457 g/mol. The Morgan fingerprint density at radius 1 is 0.969 bits per heavy atom. The number of carbonyl (C=O) groups is 3. The van der Waals surface area contributed by atoms with Crippen LogP contribution in [0.25, 0.3) is 11.3 Å². The van der Waals surface area contributed by atoms with Crippen LogP contribution < -0.4 is 16.0 Å². The molecular weight excluding hydrogens is 436 g/mol. The summed E-state index contributed by atoms with van der Waals surface area (Å²) in [6.45, 7) is 3.38. The third kappa shape index (κ3) is 5.86. The standard InChI is InChI=1S/C22H21ClN4O5/c1-12(2)19(21(29)30)26-20(28)18-11-17(27-32-18)13-3-7-15(8-4-13)24-22(31)25-16-9-5-14(23)6-10-16/h3-12,19H,1-2H3,(H,26,28)(H,29,30)(H2,24,25,31). The maximum Gasteiger partial charge on any atom is 0.326 e. The molecule has 3 amide bonds. The van der Waals surface area contributed by atoms with Crippen molar-refractivity contribution < 1.29 is 24.0 Å². The average Bonchev–Trinajstić information content (AvgIpc) is 3.24. The number of aliphatic carboxylic acids is 1. The van der Waals surface area contributed by atoms with Crippen molar-refractivity contribution in [2.75, 3.05) is 10.6 Å². The van der Waals surface area contributed by atoms with Crippen LogP contribution in [0.5, 0.6) is 0 Å². The second-order valence-electron chi connectivity index (χ2n) is 7.27. The van der Waals surface area contributed by atoms with Crippen molar-refractivity contribution in [3.63, 3.8) is 0 Å². The normalized spacial score (nSPS) is 11.6. The number of amides is 3. The van der Waals surface area contributed by atoms with Crippen LogP contribution in [0.15, 0.2) is 59.1 Å². The first kappa shape index (κ1) is 22.8. The summed E-state index contributed by atoms with van der Waals surface area (Å²) in [4.78, 5) is 35.7. The fourth-order valence-corrected chi connectivity index (χ4v) is 2.92. The third-order valence-corrected chi connectivity index (χ3v) is 4.75. The molecule has 4 N–H and O–H groups in total. The van der Waals surface area contributed by atoms with Gasteiger partial charge in [0.2, 0.25) is 5.76 Å². The van der Waals surface area contributed by atoms with Crippen LogP contribution in [-0.2, 0) is 4.79 Å². The van der Waals surface area contributed by atoms with Gasteiger partial charge in [0.25, 0.3) is 5.91 Å². The van der Waals surface area contributed by atoms with Gasteiger partial charge in [-0.2, -0.15) is 0 Å². The monoisotopic (exact) mass is 456 g/mol. The first-order valence-electron chi connectivity index (χ1n) is 9.67. The lowest BCUT2D eigenvalue weighted by molar-refractivity contribution is -0.140. The molecule has 0 aliphatic rings. The minimum Gasteiger partial charge on any atom is -0.480 e. The molecule has 0 fully saturated rings.